The molecule has 0 radical (unpaired) electrons. The minimum absolute atomic E-state index is 0.0408. The minimum atomic E-state index is -3.89. The molecule has 0 bridgehead atoms. The van der Waals surface area contributed by atoms with E-state index < -0.39 is 10.1 Å². The summed E-state index contributed by atoms with van der Waals surface area (Å²) in [5.41, 5.74) is 5.82. The Labute approximate surface area is 300 Å². The van der Waals surface area contributed by atoms with E-state index in [-0.39, 0.29) is 47.2 Å². The fourth-order valence-electron chi connectivity index (χ4n) is 5.80. The van der Waals surface area contributed by atoms with Crippen molar-refractivity contribution in [1.82, 2.24) is 9.97 Å². The van der Waals surface area contributed by atoms with Crippen molar-refractivity contribution in [2.75, 3.05) is 30.0 Å². The van der Waals surface area contributed by atoms with Gasteiger partial charge in [0, 0.05) is 23.8 Å². The molecule has 0 aliphatic rings. The first-order valence-corrected chi connectivity index (χ1v) is 18.7. The van der Waals surface area contributed by atoms with Crippen molar-refractivity contribution >= 4 is 38.6 Å². The molecular formula is C40H46N4O6S. The number of H-pyrrole nitrogens is 1. The third kappa shape index (κ3) is 9.03. The van der Waals surface area contributed by atoms with Crippen LogP contribution < -0.4 is 20.5 Å². The predicted molar refractivity (Wildman–Crippen MR) is 204 cm³/mol. The van der Waals surface area contributed by atoms with Gasteiger partial charge in [-0.3, -0.25) is 13.9 Å². The van der Waals surface area contributed by atoms with Crippen LogP contribution in [-0.2, 0) is 14.3 Å². The van der Waals surface area contributed by atoms with Gasteiger partial charge in [0.15, 0.2) is 0 Å². The van der Waals surface area contributed by atoms with Crippen molar-refractivity contribution in [1.29, 1.82) is 0 Å². The molecule has 0 aliphatic heterocycles. The number of benzene rings is 3. The first-order valence-electron chi connectivity index (χ1n) is 17.3. The van der Waals surface area contributed by atoms with E-state index in [4.69, 9.17) is 8.92 Å². The van der Waals surface area contributed by atoms with Crippen molar-refractivity contribution in [3.63, 3.8) is 0 Å². The van der Waals surface area contributed by atoms with Crippen LogP contribution in [0, 0.1) is 6.92 Å². The van der Waals surface area contributed by atoms with Gasteiger partial charge in [0.05, 0.1) is 4.90 Å². The minimum Gasteiger partial charge on any atom is -0.491 e. The van der Waals surface area contributed by atoms with Gasteiger partial charge in [0.1, 0.15) is 30.3 Å². The molecule has 2 aromatic heterocycles. The van der Waals surface area contributed by atoms with Crippen LogP contribution in [0.1, 0.15) is 76.0 Å². The molecule has 2 N–H and O–H groups in total. The summed E-state index contributed by atoms with van der Waals surface area (Å²) in [5, 5.41) is 3.94. The van der Waals surface area contributed by atoms with Crippen LogP contribution in [-0.4, -0.2) is 44.2 Å². The summed E-state index contributed by atoms with van der Waals surface area (Å²) >= 11 is 0. The van der Waals surface area contributed by atoms with E-state index in [1.807, 2.05) is 44.2 Å². The highest BCUT2D eigenvalue weighted by molar-refractivity contribution is 7.86. The Morgan fingerprint density at radius 1 is 0.902 bits per heavy atom. The Morgan fingerprint density at radius 2 is 1.61 bits per heavy atom. The zero-order valence-corrected chi connectivity index (χ0v) is 30.8. The zero-order valence-electron chi connectivity index (χ0n) is 30.0. The molecule has 0 aliphatic carbocycles. The van der Waals surface area contributed by atoms with Crippen LogP contribution in [0.5, 0.6) is 5.75 Å². The Balaban J connectivity index is 1.39. The number of carbonyl (C=O) groups excluding carboxylic acids is 1. The molecule has 0 atom stereocenters. The normalized spacial score (nSPS) is 11.7. The lowest BCUT2D eigenvalue weighted by atomic mass is 9.88. The second-order valence-corrected chi connectivity index (χ2v) is 14.8. The third-order valence-electron chi connectivity index (χ3n) is 8.61. The number of urea groups is 1. The molecule has 0 fully saturated rings. The van der Waals surface area contributed by atoms with Gasteiger partial charge in [-0.05, 0) is 102 Å². The Kier molecular flexibility index (Phi) is 11.9. The summed E-state index contributed by atoms with van der Waals surface area (Å²) in [4.78, 5) is 36.0. The van der Waals surface area contributed by atoms with Crippen LogP contribution in [0.15, 0.2) is 94.7 Å². The molecule has 10 nitrogen and oxygen atoms in total. The standard InChI is InChI=1S/C40H46N4O6S/c1-7-8-19-44(36-25-30-12-10-18-41-38(30)43-39(36)45)40(46)42-37-34(26(2)3)23-31(24-35(37)27(4)5)29-11-9-13-32(22-29)49-20-21-50-51(47,48)33-16-14-28(6)15-17-33/h9-18,22-27H,7-8,19-21H2,1-6H3,(H,42,46)(H,41,43,45). The average Bonchev–Trinajstić information content (AvgIpc) is 3.10. The van der Waals surface area contributed by atoms with Crippen molar-refractivity contribution in [2.45, 2.75) is 71.1 Å². The lowest BCUT2D eigenvalue weighted by Crippen LogP contribution is -2.39. The number of aryl methyl sites for hydroxylation is 1. The van der Waals surface area contributed by atoms with E-state index >= 15 is 0 Å². The fourth-order valence-corrected chi connectivity index (χ4v) is 6.69. The Hall–Kier alpha value is -5.00. The number of aromatic nitrogens is 2. The fraction of sp³-hybridized carbons (Fsp3) is 0.325. The summed E-state index contributed by atoms with van der Waals surface area (Å²) in [6.45, 7) is 12.5. The molecule has 0 unspecified atom stereocenters. The number of hydrogen-bond donors (Lipinski definition) is 2. The molecule has 2 amide bonds. The number of nitrogens with zero attached hydrogens (tertiary/aromatic N) is 2. The van der Waals surface area contributed by atoms with Gasteiger partial charge >= 0.3 is 6.03 Å². The number of pyridine rings is 2. The number of hydrogen-bond acceptors (Lipinski definition) is 7. The van der Waals surface area contributed by atoms with Crippen LogP contribution in [0.3, 0.4) is 0 Å². The number of unbranched alkanes of at least 4 members (excludes halogenated alkanes) is 1. The van der Waals surface area contributed by atoms with Gasteiger partial charge in [-0.25, -0.2) is 9.78 Å². The number of amides is 2. The van der Waals surface area contributed by atoms with E-state index in [9.17, 15) is 18.0 Å². The van der Waals surface area contributed by atoms with Gasteiger partial charge in [-0.2, -0.15) is 8.42 Å². The molecule has 268 valence electrons. The van der Waals surface area contributed by atoms with Gasteiger partial charge in [0.2, 0.25) is 0 Å². The van der Waals surface area contributed by atoms with Crippen molar-refractivity contribution in [3.05, 3.63) is 112 Å². The highest BCUT2D eigenvalue weighted by Gasteiger charge is 2.24. The molecule has 11 heteroatoms. The molecule has 5 aromatic rings. The summed E-state index contributed by atoms with van der Waals surface area (Å²) in [6.07, 6.45) is 3.19. The lowest BCUT2D eigenvalue weighted by Gasteiger charge is -2.27. The first kappa shape index (κ1) is 37.3. The van der Waals surface area contributed by atoms with Gasteiger partial charge in [-0.15, -0.1) is 0 Å². The lowest BCUT2D eigenvalue weighted by molar-refractivity contribution is 0.221. The smallest absolute Gasteiger partial charge is 0.326 e. The van der Waals surface area contributed by atoms with Gasteiger partial charge < -0.3 is 15.0 Å². The van der Waals surface area contributed by atoms with E-state index in [0.29, 0.717) is 17.9 Å². The maximum atomic E-state index is 14.1. The largest absolute Gasteiger partial charge is 0.491 e. The SMILES string of the molecule is CCCCN(C(=O)Nc1c(C(C)C)cc(-c2cccc(OCCOS(=O)(=O)c3ccc(C)cc3)c2)cc1C(C)C)c1cc2cccnc2[nH]c1=O. The van der Waals surface area contributed by atoms with Crippen LogP contribution in [0.4, 0.5) is 16.2 Å². The number of anilines is 2. The third-order valence-corrected chi connectivity index (χ3v) is 9.94. The van der Waals surface area contributed by atoms with Crippen molar-refractivity contribution in [3.8, 4) is 16.9 Å². The molecule has 3 aromatic carbocycles. The number of fused-ring (bicyclic) bond motifs is 1. The van der Waals surface area contributed by atoms with Crippen molar-refractivity contribution in [2.24, 2.45) is 0 Å². The molecule has 51 heavy (non-hydrogen) atoms. The topological polar surface area (TPSA) is 131 Å². The van der Waals surface area contributed by atoms with E-state index in [1.54, 1.807) is 30.5 Å². The number of carbonyl (C=O) groups is 1. The maximum absolute atomic E-state index is 14.1. The average molecular weight is 711 g/mol. The molecule has 0 spiro atoms. The van der Waals surface area contributed by atoms with E-state index in [1.165, 1.54) is 17.0 Å². The number of nitrogens with one attached hydrogen (secondary N) is 2. The molecule has 0 saturated carbocycles. The van der Waals surface area contributed by atoms with Crippen molar-refractivity contribution < 1.29 is 22.1 Å². The Morgan fingerprint density at radius 3 is 2.27 bits per heavy atom. The summed E-state index contributed by atoms with van der Waals surface area (Å²) in [6, 6.07) is 23.2. The number of ether oxygens (including phenoxy) is 1. The second-order valence-electron chi connectivity index (χ2n) is 13.2. The number of rotatable bonds is 14. The quantitative estimate of drug-likeness (QED) is 0.0870. The van der Waals surface area contributed by atoms with Crippen LogP contribution >= 0.6 is 0 Å². The zero-order chi connectivity index (χ0) is 36.7. The van der Waals surface area contributed by atoms with Gasteiger partial charge in [0.25, 0.3) is 15.7 Å². The summed E-state index contributed by atoms with van der Waals surface area (Å²) < 4.78 is 36.2. The van der Waals surface area contributed by atoms with Crippen LogP contribution in [0.2, 0.25) is 0 Å². The predicted octanol–water partition coefficient (Wildman–Crippen LogP) is 8.77. The molecular weight excluding hydrogens is 665 g/mol. The molecule has 5 rings (SSSR count). The van der Waals surface area contributed by atoms with Gasteiger partial charge in [-0.1, -0.05) is 70.9 Å². The van der Waals surface area contributed by atoms with E-state index in [2.05, 4.69) is 55.1 Å². The second kappa shape index (κ2) is 16.3. The summed E-state index contributed by atoms with van der Waals surface area (Å²) in [7, 11) is -3.89. The summed E-state index contributed by atoms with van der Waals surface area (Å²) in [5.74, 6) is 0.689. The molecule has 2 heterocycles. The first-order chi connectivity index (χ1) is 24.4. The maximum Gasteiger partial charge on any atom is 0.326 e. The Bertz CT molecular complexity index is 2130. The molecule has 0 saturated heterocycles. The van der Waals surface area contributed by atoms with Crippen LogP contribution in [0.25, 0.3) is 22.2 Å². The highest BCUT2D eigenvalue weighted by atomic mass is 32.2. The highest BCUT2D eigenvalue weighted by Crippen LogP contribution is 2.38. The van der Waals surface area contributed by atoms with E-state index in [0.717, 1.165) is 51.7 Å². The monoisotopic (exact) mass is 710 g/mol. The number of aromatic amines is 1.